The van der Waals surface area contributed by atoms with Crippen molar-refractivity contribution >= 4 is 22.2 Å². The third kappa shape index (κ3) is 5.29. The summed E-state index contributed by atoms with van der Waals surface area (Å²) < 4.78 is 27.4. The Balaban J connectivity index is 1.83. The number of aryl methyl sites for hydroxylation is 1. The summed E-state index contributed by atoms with van der Waals surface area (Å²) in [6.07, 6.45) is 0.953. The highest BCUT2D eigenvalue weighted by molar-refractivity contribution is 7.89. The fourth-order valence-electron chi connectivity index (χ4n) is 3.57. The molecule has 9 nitrogen and oxygen atoms in total. The number of carbonyl (C=O) groups is 2. The van der Waals surface area contributed by atoms with Gasteiger partial charge in [-0.15, -0.1) is 0 Å². The SMILES string of the molecule is Cc1ccc(S(=O)(=O)N2C[C@H](N=[N+]=[N-])C[C@H]2C(=O)N[C@H](C=O)Cc2ccccc2)cc1. The van der Waals surface area contributed by atoms with Crippen LogP contribution in [-0.4, -0.2) is 49.6 Å². The predicted molar refractivity (Wildman–Crippen MR) is 115 cm³/mol. The van der Waals surface area contributed by atoms with Crippen LogP contribution in [0.4, 0.5) is 0 Å². The number of hydrogen-bond acceptors (Lipinski definition) is 5. The molecule has 0 saturated carbocycles. The van der Waals surface area contributed by atoms with Crippen molar-refractivity contribution in [2.24, 2.45) is 5.11 Å². The molecule has 1 saturated heterocycles. The van der Waals surface area contributed by atoms with Gasteiger partial charge in [-0.1, -0.05) is 53.1 Å². The minimum Gasteiger partial charge on any atom is -0.345 e. The molecule has 3 rings (SSSR count). The molecule has 0 unspecified atom stereocenters. The molecule has 162 valence electrons. The van der Waals surface area contributed by atoms with E-state index in [0.29, 0.717) is 6.29 Å². The molecule has 0 bridgehead atoms. The average molecular weight is 442 g/mol. The molecule has 2 aromatic carbocycles. The molecule has 2 aromatic rings. The second-order valence-electron chi connectivity index (χ2n) is 7.44. The highest BCUT2D eigenvalue weighted by Crippen LogP contribution is 2.28. The third-order valence-corrected chi connectivity index (χ3v) is 7.06. The number of hydrogen-bond donors (Lipinski definition) is 1. The zero-order chi connectivity index (χ0) is 22.4. The van der Waals surface area contributed by atoms with Gasteiger partial charge in [0.05, 0.1) is 17.0 Å². The lowest BCUT2D eigenvalue weighted by Gasteiger charge is -2.24. The van der Waals surface area contributed by atoms with Gasteiger partial charge in [-0.2, -0.15) is 4.31 Å². The number of nitrogens with zero attached hydrogens (tertiary/aromatic N) is 4. The first-order chi connectivity index (χ1) is 14.8. The van der Waals surface area contributed by atoms with Gasteiger partial charge in [-0.25, -0.2) is 8.42 Å². The maximum Gasteiger partial charge on any atom is 0.243 e. The molecule has 1 aliphatic rings. The van der Waals surface area contributed by atoms with Crippen LogP contribution in [0.25, 0.3) is 10.4 Å². The number of carbonyl (C=O) groups excluding carboxylic acids is 2. The summed E-state index contributed by atoms with van der Waals surface area (Å²) in [4.78, 5) is 27.3. The van der Waals surface area contributed by atoms with E-state index in [2.05, 4.69) is 15.3 Å². The molecule has 0 aliphatic carbocycles. The fourth-order valence-corrected chi connectivity index (χ4v) is 5.21. The molecule has 31 heavy (non-hydrogen) atoms. The van der Waals surface area contributed by atoms with Crippen LogP contribution >= 0.6 is 0 Å². The van der Waals surface area contributed by atoms with Crippen molar-refractivity contribution in [3.8, 4) is 0 Å². The molecule has 0 radical (unpaired) electrons. The van der Waals surface area contributed by atoms with Gasteiger partial charge in [0.1, 0.15) is 12.3 Å². The van der Waals surface area contributed by atoms with E-state index in [4.69, 9.17) is 5.53 Å². The van der Waals surface area contributed by atoms with Crippen LogP contribution < -0.4 is 5.32 Å². The number of azide groups is 1. The molecular formula is C21H23N5O4S. The number of nitrogens with one attached hydrogen (secondary N) is 1. The number of amides is 1. The maximum absolute atomic E-state index is 13.2. The van der Waals surface area contributed by atoms with Crippen molar-refractivity contribution in [3.63, 3.8) is 0 Å². The summed E-state index contributed by atoms with van der Waals surface area (Å²) in [6, 6.07) is 12.9. The maximum atomic E-state index is 13.2. The summed E-state index contributed by atoms with van der Waals surface area (Å²) in [5.74, 6) is -0.598. The lowest BCUT2D eigenvalue weighted by atomic mass is 10.1. The summed E-state index contributed by atoms with van der Waals surface area (Å²) in [5.41, 5.74) is 10.5. The van der Waals surface area contributed by atoms with Crippen molar-refractivity contribution in [3.05, 3.63) is 76.2 Å². The van der Waals surface area contributed by atoms with E-state index in [0.717, 1.165) is 15.4 Å². The zero-order valence-electron chi connectivity index (χ0n) is 17.0. The second kappa shape index (κ2) is 9.74. The molecule has 1 amide bonds. The van der Waals surface area contributed by atoms with Gasteiger partial charge in [0.15, 0.2) is 0 Å². The monoisotopic (exact) mass is 441 g/mol. The molecule has 3 atom stereocenters. The average Bonchev–Trinajstić information content (AvgIpc) is 3.19. The van der Waals surface area contributed by atoms with Gasteiger partial charge < -0.3 is 10.1 Å². The van der Waals surface area contributed by atoms with Crippen LogP contribution in [0.3, 0.4) is 0 Å². The van der Waals surface area contributed by atoms with E-state index in [1.165, 1.54) is 12.1 Å². The standard InChI is InChI=1S/C21H23N5O4S/c1-15-7-9-19(10-8-15)31(29,30)26-13-17(24-25-22)12-20(26)21(28)23-18(14-27)11-16-5-3-2-4-6-16/h2-10,14,17-18,20H,11-13H2,1H3,(H,23,28)/t17-,18+,20+/m1/s1. The van der Waals surface area contributed by atoms with Crippen molar-refractivity contribution in [1.29, 1.82) is 0 Å². The van der Waals surface area contributed by atoms with Crippen LogP contribution in [-0.2, 0) is 26.0 Å². The third-order valence-electron chi connectivity index (χ3n) is 5.17. The number of rotatable bonds is 8. The van der Waals surface area contributed by atoms with Crippen LogP contribution in [0.5, 0.6) is 0 Å². The van der Waals surface area contributed by atoms with E-state index in [9.17, 15) is 18.0 Å². The second-order valence-corrected chi connectivity index (χ2v) is 9.33. The highest BCUT2D eigenvalue weighted by atomic mass is 32.2. The lowest BCUT2D eigenvalue weighted by molar-refractivity contribution is -0.126. The molecule has 1 aliphatic heterocycles. The topological polar surface area (TPSA) is 132 Å². The Kier molecular flexibility index (Phi) is 7.06. The first-order valence-electron chi connectivity index (χ1n) is 9.77. The molecule has 0 spiro atoms. The van der Waals surface area contributed by atoms with E-state index < -0.39 is 34.1 Å². The minimum absolute atomic E-state index is 0.0396. The molecule has 10 heteroatoms. The van der Waals surface area contributed by atoms with Crippen molar-refractivity contribution in [2.75, 3.05) is 6.54 Å². The van der Waals surface area contributed by atoms with Crippen molar-refractivity contribution < 1.29 is 18.0 Å². The summed E-state index contributed by atoms with van der Waals surface area (Å²) in [5, 5.41) is 6.25. The summed E-state index contributed by atoms with van der Waals surface area (Å²) in [6.45, 7) is 1.73. The van der Waals surface area contributed by atoms with Crippen LogP contribution in [0, 0.1) is 6.92 Å². The minimum atomic E-state index is -4.00. The molecule has 1 N–H and O–H groups in total. The lowest BCUT2D eigenvalue weighted by Crippen LogP contribution is -2.49. The number of sulfonamides is 1. The normalized spacial score (nSPS) is 19.9. The van der Waals surface area contributed by atoms with Gasteiger partial charge in [0.25, 0.3) is 0 Å². The first kappa shape index (κ1) is 22.5. The van der Waals surface area contributed by atoms with E-state index in [1.54, 1.807) is 12.1 Å². The van der Waals surface area contributed by atoms with Crippen molar-refractivity contribution in [1.82, 2.24) is 9.62 Å². The van der Waals surface area contributed by atoms with Gasteiger partial charge >= 0.3 is 0 Å². The Morgan fingerprint density at radius 3 is 2.55 bits per heavy atom. The Bertz CT molecular complexity index is 1080. The van der Waals surface area contributed by atoms with Crippen LogP contribution in [0.2, 0.25) is 0 Å². The van der Waals surface area contributed by atoms with E-state index in [1.807, 2.05) is 37.3 Å². The fraction of sp³-hybridized carbons (Fsp3) is 0.333. The quantitative estimate of drug-likeness (QED) is 0.291. The Hall–Kier alpha value is -3.20. The first-order valence-corrected chi connectivity index (χ1v) is 11.2. The highest BCUT2D eigenvalue weighted by Gasteiger charge is 2.44. The predicted octanol–water partition coefficient (Wildman–Crippen LogP) is 2.36. The van der Waals surface area contributed by atoms with Gasteiger partial charge in [0, 0.05) is 11.5 Å². The van der Waals surface area contributed by atoms with Crippen LogP contribution in [0.1, 0.15) is 17.5 Å². The largest absolute Gasteiger partial charge is 0.345 e. The Morgan fingerprint density at radius 2 is 1.94 bits per heavy atom. The molecular weight excluding hydrogens is 418 g/mol. The number of aldehydes is 1. The van der Waals surface area contributed by atoms with Crippen LogP contribution in [0.15, 0.2) is 64.6 Å². The van der Waals surface area contributed by atoms with E-state index >= 15 is 0 Å². The van der Waals surface area contributed by atoms with Gasteiger partial charge in [0.2, 0.25) is 15.9 Å². The van der Waals surface area contributed by atoms with Gasteiger partial charge in [-0.05, 0) is 43.0 Å². The summed E-state index contributed by atoms with van der Waals surface area (Å²) >= 11 is 0. The van der Waals surface area contributed by atoms with Gasteiger partial charge in [-0.3, -0.25) is 4.79 Å². The van der Waals surface area contributed by atoms with Crippen molar-refractivity contribution in [2.45, 2.75) is 42.8 Å². The molecule has 1 fully saturated rings. The zero-order valence-corrected chi connectivity index (χ0v) is 17.8. The molecule has 1 heterocycles. The Morgan fingerprint density at radius 1 is 1.26 bits per heavy atom. The smallest absolute Gasteiger partial charge is 0.243 e. The molecule has 0 aromatic heterocycles. The summed E-state index contributed by atoms with van der Waals surface area (Å²) in [7, 11) is -4.00. The van der Waals surface area contributed by atoms with E-state index in [-0.39, 0.29) is 24.3 Å². The Labute approximate surface area is 180 Å². The number of benzene rings is 2.